The molecule has 0 N–H and O–H groups in total. The molecule has 2 aliphatic heterocycles. The predicted molar refractivity (Wildman–Crippen MR) is 72.4 cm³/mol. The van der Waals surface area contributed by atoms with Gasteiger partial charge in [0.05, 0.1) is 24.7 Å². The molecule has 7 heteroatoms. The molecule has 0 radical (unpaired) electrons. The number of ether oxygens (including phenoxy) is 1. The zero-order valence-corrected chi connectivity index (χ0v) is 12.6. The highest BCUT2D eigenvalue weighted by Gasteiger charge is 2.46. The normalized spacial score (nSPS) is 33.5. The fourth-order valence-corrected chi connectivity index (χ4v) is 3.18. The second-order valence-corrected chi connectivity index (χ2v) is 6.19. The van der Waals surface area contributed by atoms with Crippen molar-refractivity contribution in [2.45, 2.75) is 43.9 Å². The molecule has 120 valence electrons. The van der Waals surface area contributed by atoms with E-state index in [0.717, 1.165) is 0 Å². The van der Waals surface area contributed by atoms with Crippen molar-refractivity contribution in [3.63, 3.8) is 0 Å². The van der Waals surface area contributed by atoms with Gasteiger partial charge in [-0.15, -0.1) is 0 Å². The summed E-state index contributed by atoms with van der Waals surface area (Å²) in [6, 6.07) is -0.952. The number of hydrogen-bond acceptors (Lipinski definition) is 5. The number of halogens is 2. The summed E-state index contributed by atoms with van der Waals surface area (Å²) in [4.78, 5) is 26.7. The van der Waals surface area contributed by atoms with Crippen LogP contribution in [0.15, 0.2) is 0 Å². The maximum atomic E-state index is 13.3. The van der Waals surface area contributed by atoms with Crippen LogP contribution in [-0.2, 0) is 14.3 Å². The topological polar surface area (TPSA) is 49.9 Å². The molecule has 0 saturated carbocycles. The Morgan fingerprint density at radius 2 is 1.90 bits per heavy atom. The molecule has 2 saturated heterocycles. The van der Waals surface area contributed by atoms with Crippen LogP contribution >= 0.6 is 0 Å². The van der Waals surface area contributed by atoms with E-state index in [9.17, 15) is 18.4 Å². The molecule has 0 aliphatic carbocycles. The number of alkyl halides is 2. The van der Waals surface area contributed by atoms with E-state index in [1.54, 1.807) is 0 Å². The molecule has 0 amide bonds. The number of likely N-dealkylation sites (tertiary alicyclic amines) is 2. The lowest BCUT2D eigenvalue weighted by atomic mass is 10.1. The summed E-state index contributed by atoms with van der Waals surface area (Å²) in [7, 11) is 3.36. The van der Waals surface area contributed by atoms with Gasteiger partial charge in [-0.2, -0.15) is 0 Å². The zero-order chi connectivity index (χ0) is 15.8. The Kier molecular flexibility index (Phi) is 4.75. The number of carbonyl (C=O) groups is 2. The smallest absolute Gasteiger partial charge is 0.262 e. The Bertz CT molecular complexity index is 430. The molecule has 5 nitrogen and oxygen atoms in total. The van der Waals surface area contributed by atoms with E-state index < -0.39 is 18.4 Å². The van der Waals surface area contributed by atoms with Crippen molar-refractivity contribution in [1.29, 1.82) is 0 Å². The summed E-state index contributed by atoms with van der Waals surface area (Å²) in [6.07, 6.45) is -0.0812. The van der Waals surface area contributed by atoms with Gasteiger partial charge >= 0.3 is 0 Å². The van der Waals surface area contributed by atoms with Crippen molar-refractivity contribution in [3.8, 4) is 0 Å². The SMILES string of the molecule is CC(=O)[C@@H]1C[C@@H](OCC(=O)[C@@H]2CC(F)(F)CN2C)CN1C. The van der Waals surface area contributed by atoms with E-state index in [0.29, 0.717) is 13.0 Å². The standard InChI is InChI=1S/C14H22F2N2O3/c1-9(19)11-4-10(6-17(11)2)21-7-13(20)12-5-14(15,16)8-18(12)3/h10-12H,4-8H2,1-3H3/t10-,11+,12+/m1/s1. The average molecular weight is 304 g/mol. The van der Waals surface area contributed by atoms with Crippen molar-refractivity contribution in [2.75, 3.05) is 33.8 Å². The summed E-state index contributed by atoms with van der Waals surface area (Å²) in [5.74, 6) is -3.05. The Morgan fingerprint density at radius 3 is 2.38 bits per heavy atom. The van der Waals surface area contributed by atoms with Crippen LogP contribution in [0.25, 0.3) is 0 Å². The van der Waals surface area contributed by atoms with Gasteiger partial charge in [0.2, 0.25) is 0 Å². The second kappa shape index (κ2) is 6.06. The lowest BCUT2D eigenvalue weighted by molar-refractivity contribution is -0.129. The lowest BCUT2D eigenvalue weighted by Crippen LogP contribution is -2.36. The highest BCUT2D eigenvalue weighted by atomic mass is 19.3. The molecule has 2 rings (SSSR count). The minimum Gasteiger partial charge on any atom is -0.369 e. The number of carbonyl (C=O) groups excluding carboxylic acids is 2. The highest BCUT2D eigenvalue weighted by Crippen LogP contribution is 2.31. The van der Waals surface area contributed by atoms with Crippen molar-refractivity contribution in [1.82, 2.24) is 9.80 Å². The van der Waals surface area contributed by atoms with Gasteiger partial charge in [-0.3, -0.25) is 19.4 Å². The van der Waals surface area contributed by atoms with Gasteiger partial charge in [-0.1, -0.05) is 0 Å². The predicted octanol–water partition coefficient (Wildman–Crippen LogP) is 0.573. The number of rotatable bonds is 5. The molecule has 0 aromatic rings. The number of hydrogen-bond donors (Lipinski definition) is 0. The Labute approximate surface area is 123 Å². The second-order valence-electron chi connectivity index (χ2n) is 6.19. The molecule has 21 heavy (non-hydrogen) atoms. The van der Waals surface area contributed by atoms with E-state index in [1.165, 1.54) is 18.9 Å². The molecular weight excluding hydrogens is 282 g/mol. The van der Waals surface area contributed by atoms with Crippen molar-refractivity contribution in [3.05, 3.63) is 0 Å². The van der Waals surface area contributed by atoms with Crippen LogP contribution in [0.3, 0.4) is 0 Å². The van der Waals surface area contributed by atoms with Crippen molar-refractivity contribution < 1.29 is 23.1 Å². The van der Waals surface area contributed by atoms with E-state index in [2.05, 4.69) is 0 Å². The number of ketones is 2. The maximum absolute atomic E-state index is 13.3. The van der Waals surface area contributed by atoms with E-state index in [-0.39, 0.29) is 36.9 Å². The summed E-state index contributed by atoms with van der Waals surface area (Å²) >= 11 is 0. The van der Waals surface area contributed by atoms with E-state index >= 15 is 0 Å². The minimum atomic E-state index is -2.80. The monoisotopic (exact) mass is 304 g/mol. The Balaban J connectivity index is 1.82. The van der Waals surface area contributed by atoms with Gasteiger partial charge < -0.3 is 4.74 Å². The summed E-state index contributed by atoms with van der Waals surface area (Å²) < 4.78 is 32.0. The van der Waals surface area contributed by atoms with Crippen molar-refractivity contribution >= 4 is 11.6 Å². The van der Waals surface area contributed by atoms with Crippen LogP contribution in [0, 0.1) is 0 Å². The molecule has 0 spiro atoms. The summed E-state index contributed by atoms with van der Waals surface area (Å²) in [5.41, 5.74) is 0. The van der Waals surface area contributed by atoms with Gasteiger partial charge in [0, 0.05) is 13.0 Å². The fourth-order valence-electron chi connectivity index (χ4n) is 3.18. The maximum Gasteiger partial charge on any atom is 0.262 e. The first-order chi connectivity index (χ1) is 9.69. The third-order valence-corrected chi connectivity index (χ3v) is 4.32. The lowest BCUT2D eigenvalue weighted by Gasteiger charge is -2.18. The average Bonchev–Trinajstić information content (AvgIpc) is 2.86. The molecule has 2 heterocycles. The van der Waals surface area contributed by atoms with Gasteiger partial charge in [-0.05, 0) is 27.4 Å². The first kappa shape index (κ1) is 16.5. The summed E-state index contributed by atoms with van der Waals surface area (Å²) in [6.45, 7) is 1.55. The van der Waals surface area contributed by atoms with Crippen LogP contribution in [0.1, 0.15) is 19.8 Å². The van der Waals surface area contributed by atoms with Crippen LogP contribution in [0.4, 0.5) is 8.78 Å². The third kappa shape index (κ3) is 3.84. The molecule has 2 fully saturated rings. The van der Waals surface area contributed by atoms with Crippen molar-refractivity contribution in [2.24, 2.45) is 0 Å². The zero-order valence-electron chi connectivity index (χ0n) is 12.6. The number of nitrogens with zero attached hydrogens (tertiary/aromatic N) is 2. The molecule has 3 atom stereocenters. The molecule has 0 bridgehead atoms. The van der Waals surface area contributed by atoms with Gasteiger partial charge in [-0.25, -0.2) is 8.78 Å². The van der Waals surface area contributed by atoms with Crippen LogP contribution in [-0.4, -0.2) is 79.3 Å². The van der Waals surface area contributed by atoms with Gasteiger partial charge in [0.15, 0.2) is 5.78 Å². The molecule has 0 aromatic heterocycles. The number of likely N-dealkylation sites (N-methyl/N-ethyl adjacent to an activating group) is 2. The molecule has 0 unspecified atom stereocenters. The number of Topliss-reactive ketones (excluding diaryl/α,β-unsaturated/α-hetero) is 2. The molecule has 2 aliphatic rings. The van der Waals surface area contributed by atoms with Gasteiger partial charge in [0.1, 0.15) is 12.4 Å². The van der Waals surface area contributed by atoms with Gasteiger partial charge in [0.25, 0.3) is 5.92 Å². The Morgan fingerprint density at radius 1 is 1.24 bits per heavy atom. The first-order valence-corrected chi connectivity index (χ1v) is 7.12. The van der Waals surface area contributed by atoms with E-state index in [1.807, 2.05) is 11.9 Å². The molecule has 0 aromatic carbocycles. The fraction of sp³-hybridized carbons (Fsp3) is 0.857. The highest BCUT2D eigenvalue weighted by molar-refractivity contribution is 5.85. The summed E-state index contributed by atoms with van der Waals surface area (Å²) in [5, 5.41) is 0. The van der Waals surface area contributed by atoms with Crippen LogP contribution in [0.2, 0.25) is 0 Å². The first-order valence-electron chi connectivity index (χ1n) is 7.12. The van der Waals surface area contributed by atoms with E-state index in [4.69, 9.17) is 4.74 Å². The minimum absolute atomic E-state index is 0.0742. The Hall–Kier alpha value is -0.920. The third-order valence-electron chi connectivity index (χ3n) is 4.32. The van der Waals surface area contributed by atoms with Crippen LogP contribution in [0.5, 0.6) is 0 Å². The largest absolute Gasteiger partial charge is 0.369 e. The molecular formula is C14H22F2N2O3. The van der Waals surface area contributed by atoms with Crippen LogP contribution < -0.4 is 0 Å². The quantitative estimate of drug-likeness (QED) is 0.743.